The van der Waals surface area contributed by atoms with Crippen molar-refractivity contribution in [2.75, 3.05) is 32.7 Å². The molecule has 1 aromatic heterocycles. The summed E-state index contributed by atoms with van der Waals surface area (Å²) in [4.78, 5) is 5.03. The molecule has 1 aliphatic rings. The average molecular weight is 251 g/mol. The maximum Gasteiger partial charge on any atom is 0.122 e. The van der Waals surface area contributed by atoms with Gasteiger partial charge in [0.1, 0.15) is 5.76 Å². The molecule has 102 valence electrons. The van der Waals surface area contributed by atoms with Crippen molar-refractivity contribution in [3.8, 4) is 0 Å². The number of rotatable bonds is 5. The molecule has 0 amide bonds. The Morgan fingerprint density at radius 1 is 1.44 bits per heavy atom. The molecule has 1 saturated heterocycles. The second-order valence-corrected chi connectivity index (χ2v) is 4.96. The van der Waals surface area contributed by atoms with Crippen molar-refractivity contribution in [1.82, 2.24) is 9.80 Å². The van der Waals surface area contributed by atoms with Gasteiger partial charge in [0.25, 0.3) is 0 Å². The lowest BCUT2D eigenvalue weighted by atomic mass is 10.0. The third-order valence-corrected chi connectivity index (χ3v) is 4.03. The lowest BCUT2D eigenvalue weighted by Crippen LogP contribution is -2.54. The first-order chi connectivity index (χ1) is 8.80. The molecule has 2 rings (SSSR count). The van der Waals surface area contributed by atoms with Crippen LogP contribution < -0.4 is 5.73 Å². The molecule has 4 nitrogen and oxygen atoms in total. The summed E-state index contributed by atoms with van der Waals surface area (Å²) in [5.41, 5.74) is 5.96. The molecule has 0 spiro atoms. The van der Waals surface area contributed by atoms with Gasteiger partial charge >= 0.3 is 0 Å². The highest BCUT2D eigenvalue weighted by Gasteiger charge is 2.31. The van der Waals surface area contributed by atoms with Crippen LogP contribution in [-0.4, -0.2) is 48.6 Å². The monoisotopic (exact) mass is 251 g/mol. The lowest BCUT2D eigenvalue weighted by Gasteiger charge is -2.44. The molecule has 0 radical (unpaired) electrons. The Balaban J connectivity index is 2.10. The zero-order chi connectivity index (χ0) is 13.0. The van der Waals surface area contributed by atoms with Crippen LogP contribution in [0, 0.1) is 0 Å². The van der Waals surface area contributed by atoms with Gasteiger partial charge in [0, 0.05) is 32.2 Å². The molecule has 2 atom stereocenters. The number of nitrogens with zero attached hydrogens (tertiary/aromatic N) is 2. The maximum atomic E-state index is 5.96. The van der Waals surface area contributed by atoms with Crippen molar-refractivity contribution in [1.29, 1.82) is 0 Å². The van der Waals surface area contributed by atoms with Gasteiger partial charge in [-0.15, -0.1) is 0 Å². The van der Waals surface area contributed by atoms with Gasteiger partial charge in [-0.2, -0.15) is 0 Å². The largest absolute Gasteiger partial charge is 0.468 e. The van der Waals surface area contributed by atoms with Crippen LogP contribution in [0.4, 0.5) is 0 Å². The molecular weight excluding hydrogens is 226 g/mol. The van der Waals surface area contributed by atoms with Gasteiger partial charge in [-0.05, 0) is 25.1 Å². The zero-order valence-electron chi connectivity index (χ0n) is 11.5. The summed E-state index contributed by atoms with van der Waals surface area (Å²) in [6.07, 6.45) is 2.90. The van der Waals surface area contributed by atoms with E-state index in [-0.39, 0.29) is 6.04 Å². The molecule has 0 saturated carbocycles. The number of hydrogen-bond acceptors (Lipinski definition) is 4. The Bertz CT molecular complexity index is 339. The van der Waals surface area contributed by atoms with Crippen LogP contribution >= 0.6 is 0 Å². The molecule has 1 aromatic rings. The maximum absolute atomic E-state index is 5.96. The highest BCUT2D eigenvalue weighted by atomic mass is 16.3. The Morgan fingerprint density at radius 2 is 2.28 bits per heavy atom. The lowest BCUT2D eigenvalue weighted by molar-refractivity contribution is 0.0356. The Hall–Kier alpha value is -0.840. The first-order valence-corrected chi connectivity index (χ1v) is 7.01. The van der Waals surface area contributed by atoms with Crippen molar-refractivity contribution < 1.29 is 4.42 Å². The fourth-order valence-electron chi connectivity index (χ4n) is 2.89. The van der Waals surface area contributed by atoms with Gasteiger partial charge < -0.3 is 15.1 Å². The van der Waals surface area contributed by atoms with E-state index in [1.54, 1.807) is 6.26 Å². The summed E-state index contributed by atoms with van der Waals surface area (Å²) in [6, 6.07) is 4.79. The number of furan rings is 1. The van der Waals surface area contributed by atoms with Crippen LogP contribution in [0.15, 0.2) is 22.8 Å². The van der Waals surface area contributed by atoms with Gasteiger partial charge in [-0.3, -0.25) is 4.90 Å². The number of likely N-dealkylation sites (N-methyl/N-ethyl adjacent to an activating group) is 1. The molecule has 4 heteroatoms. The third kappa shape index (κ3) is 2.76. The van der Waals surface area contributed by atoms with Gasteiger partial charge in [0.2, 0.25) is 0 Å². The minimum absolute atomic E-state index is 0.226. The van der Waals surface area contributed by atoms with Crippen LogP contribution in [0.1, 0.15) is 32.1 Å². The van der Waals surface area contributed by atoms with Gasteiger partial charge in [-0.1, -0.05) is 13.8 Å². The highest BCUT2D eigenvalue weighted by Crippen LogP contribution is 2.26. The fraction of sp³-hybridized carbons (Fsp3) is 0.714. The van der Waals surface area contributed by atoms with Gasteiger partial charge in [0.15, 0.2) is 0 Å². The Morgan fingerprint density at radius 3 is 2.83 bits per heavy atom. The number of piperazine rings is 1. The van der Waals surface area contributed by atoms with Gasteiger partial charge in [0.05, 0.1) is 12.3 Å². The molecule has 2 heterocycles. The number of hydrogen-bond donors (Lipinski definition) is 1. The predicted octanol–water partition coefficient (Wildman–Crippen LogP) is 1.70. The molecule has 0 aliphatic carbocycles. The van der Waals surface area contributed by atoms with Crippen molar-refractivity contribution >= 4 is 0 Å². The van der Waals surface area contributed by atoms with E-state index in [0.717, 1.165) is 38.4 Å². The van der Waals surface area contributed by atoms with Crippen molar-refractivity contribution in [2.45, 2.75) is 32.4 Å². The summed E-state index contributed by atoms with van der Waals surface area (Å²) in [5, 5.41) is 0. The molecular formula is C14H25N3O. The molecule has 1 fully saturated rings. The van der Waals surface area contributed by atoms with E-state index in [4.69, 9.17) is 10.2 Å². The standard InChI is InChI=1S/C14H25N3O/c1-3-12-11-16(4-2)7-8-17(12)13(10-15)14-6-5-9-18-14/h5-6,9,12-13H,3-4,7-8,10-11,15H2,1-2H3. The number of nitrogens with two attached hydrogens (primary N) is 1. The first kappa shape index (κ1) is 13.6. The second kappa shape index (κ2) is 6.36. The predicted molar refractivity (Wildman–Crippen MR) is 73.4 cm³/mol. The van der Waals surface area contributed by atoms with E-state index in [1.807, 2.05) is 12.1 Å². The topological polar surface area (TPSA) is 45.6 Å². The van der Waals surface area contributed by atoms with Crippen LogP contribution in [0.5, 0.6) is 0 Å². The summed E-state index contributed by atoms with van der Waals surface area (Å²) in [6.45, 7) is 9.60. The second-order valence-electron chi connectivity index (χ2n) is 4.96. The minimum atomic E-state index is 0.226. The van der Waals surface area contributed by atoms with Crippen molar-refractivity contribution in [2.24, 2.45) is 5.73 Å². The summed E-state index contributed by atoms with van der Waals surface area (Å²) < 4.78 is 5.55. The zero-order valence-corrected chi connectivity index (χ0v) is 11.5. The average Bonchev–Trinajstić information content (AvgIpc) is 2.94. The molecule has 0 bridgehead atoms. The highest BCUT2D eigenvalue weighted by molar-refractivity contribution is 5.06. The van der Waals surface area contributed by atoms with E-state index in [2.05, 4.69) is 23.6 Å². The van der Waals surface area contributed by atoms with Crippen LogP contribution in [0.3, 0.4) is 0 Å². The fourth-order valence-corrected chi connectivity index (χ4v) is 2.89. The van der Waals surface area contributed by atoms with E-state index >= 15 is 0 Å². The smallest absolute Gasteiger partial charge is 0.122 e. The van der Waals surface area contributed by atoms with Gasteiger partial charge in [-0.25, -0.2) is 0 Å². The van der Waals surface area contributed by atoms with E-state index in [1.165, 1.54) is 0 Å². The molecule has 2 N–H and O–H groups in total. The quantitative estimate of drug-likeness (QED) is 0.865. The van der Waals surface area contributed by atoms with Crippen LogP contribution in [0.2, 0.25) is 0 Å². The van der Waals surface area contributed by atoms with Crippen molar-refractivity contribution in [3.05, 3.63) is 24.2 Å². The Labute approximate surface area is 110 Å². The SMILES string of the molecule is CCC1CN(CC)CCN1C(CN)c1ccco1. The molecule has 0 aromatic carbocycles. The van der Waals surface area contributed by atoms with E-state index in [0.29, 0.717) is 12.6 Å². The minimum Gasteiger partial charge on any atom is -0.468 e. The van der Waals surface area contributed by atoms with Crippen LogP contribution in [-0.2, 0) is 0 Å². The molecule has 18 heavy (non-hydrogen) atoms. The Kier molecular flexibility index (Phi) is 4.80. The summed E-state index contributed by atoms with van der Waals surface area (Å²) in [5.74, 6) is 1.00. The first-order valence-electron chi connectivity index (χ1n) is 7.01. The van der Waals surface area contributed by atoms with E-state index < -0.39 is 0 Å². The molecule has 1 aliphatic heterocycles. The van der Waals surface area contributed by atoms with Crippen LogP contribution in [0.25, 0.3) is 0 Å². The summed E-state index contributed by atoms with van der Waals surface area (Å²) >= 11 is 0. The van der Waals surface area contributed by atoms with Crippen molar-refractivity contribution in [3.63, 3.8) is 0 Å². The molecule has 2 unspecified atom stereocenters. The van der Waals surface area contributed by atoms with E-state index in [9.17, 15) is 0 Å². The normalized spacial score (nSPS) is 24.3. The third-order valence-electron chi connectivity index (χ3n) is 4.03. The summed E-state index contributed by atoms with van der Waals surface area (Å²) in [7, 11) is 0.